The van der Waals surface area contributed by atoms with Gasteiger partial charge < -0.3 is 5.11 Å². The van der Waals surface area contributed by atoms with E-state index in [1.165, 1.54) is 154 Å². The second-order valence-corrected chi connectivity index (χ2v) is 10.8. The van der Waals surface area contributed by atoms with Crippen molar-refractivity contribution in [1.29, 1.82) is 0 Å². The number of aliphatic carboxylic acids is 1. The fraction of sp³-hybridized carbons (Fsp3) is 0.906. The molecule has 1 atom stereocenters. The fourth-order valence-electron chi connectivity index (χ4n) is 5.02. The van der Waals surface area contributed by atoms with E-state index in [2.05, 4.69) is 13.5 Å². The smallest absolute Gasteiger partial charge is 0.310 e. The molecule has 0 aliphatic rings. The number of hydrogen-bond donors (Lipinski definition) is 1. The van der Waals surface area contributed by atoms with Gasteiger partial charge in [-0.25, -0.2) is 0 Å². The Morgan fingerprint density at radius 2 is 0.765 bits per heavy atom. The van der Waals surface area contributed by atoms with E-state index < -0.39 is 5.97 Å². The minimum Gasteiger partial charge on any atom is -0.481 e. The highest BCUT2D eigenvalue weighted by Crippen LogP contribution is 2.17. The molecule has 0 aromatic carbocycles. The van der Waals surface area contributed by atoms with E-state index in [4.69, 9.17) is 5.11 Å². The lowest BCUT2D eigenvalue weighted by Crippen LogP contribution is -2.10. The van der Waals surface area contributed by atoms with Gasteiger partial charge in [0.1, 0.15) is 0 Å². The van der Waals surface area contributed by atoms with Crippen LogP contribution in [0.5, 0.6) is 0 Å². The van der Waals surface area contributed by atoms with Gasteiger partial charge in [0.15, 0.2) is 0 Å². The lowest BCUT2D eigenvalue weighted by molar-refractivity contribution is -0.140. The molecular weight excluding hydrogens is 416 g/mol. The first kappa shape index (κ1) is 33.2. The third kappa shape index (κ3) is 25.8. The Morgan fingerprint density at radius 1 is 0.529 bits per heavy atom. The highest BCUT2D eigenvalue weighted by atomic mass is 16.4. The standard InChI is InChI=1S/C32H62O2/c1-3-5-6-7-8-9-10-11-12-13-14-15-16-17-18-19-20-21-22-23-24-25-26-27-28-29-30-31(4-2)32(33)34/h4,31H,2-3,5-30H2,1H3,(H,33,34). The maximum Gasteiger partial charge on any atom is 0.310 e. The van der Waals surface area contributed by atoms with Crippen molar-refractivity contribution < 1.29 is 9.90 Å². The van der Waals surface area contributed by atoms with Gasteiger partial charge in [-0.2, -0.15) is 0 Å². The summed E-state index contributed by atoms with van der Waals surface area (Å²) >= 11 is 0. The summed E-state index contributed by atoms with van der Waals surface area (Å²) in [5, 5.41) is 8.99. The van der Waals surface area contributed by atoms with Crippen LogP contribution in [0, 0.1) is 5.92 Å². The maximum atomic E-state index is 10.9. The van der Waals surface area contributed by atoms with Crippen molar-refractivity contribution in [2.45, 2.75) is 180 Å². The molecule has 0 aliphatic carbocycles. The Morgan fingerprint density at radius 3 is 0.971 bits per heavy atom. The van der Waals surface area contributed by atoms with Crippen LogP contribution in [0.15, 0.2) is 12.7 Å². The van der Waals surface area contributed by atoms with Crippen molar-refractivity contribution >= 4 is 5.97 Å². The molecule has 34 heavy (non-hydrogen) atoms. The minimum atomic E-state index is -0.727. The highest BCUT2D eigenvalue weighted by Gasteiger charge is 2.11. The molecule has 0 rings (SSSR count). The molecule has 0 heterocycles. The lowest BCUT2D eigenvalue weighted by Gasteiger charge is -2.06. The van der Waals surface area contributed by atoms with Crippen LogP contribution in [0.1, 0.15) is 180 Å². The van der Waals surface area contributed by atoms with Crippen LogP contribution in [0.25, 0.3) is 0 Å². The molecule has 0 radical (unpaired) electrons. The molecular formula is C32H62O2. The molecule has 0 fully saturated rings. The average Bonchev–Trinajstić information content (AvgIpc) is 2.83. The van der Waals surface area contributed by atoms with Crippen LogP contribution in [-0.2, 0) is 4.79 Å². The van der Waals surface area contributed by atoms with Gasteiger partial charge in [0.05, 0.1) is 5.92 Å². The minimum absolute atomic E-state index is 0.352. The van der Waals surface area contributed by atoms with E-state index in [1.807, 2.05) is 0 Å². The Kier molecular flexibility index (Phi) is 27.8. The predicted octanol–water partition coefficient (Wildman–Crippen LogP) is 11.4. The number of carboxylic acid groups (broad SMARTS) is 1. The van der Waals surface area contributed by atoms with Crippen LogP contribution < -0.4 is 0 Å². The fourth-order valence-corrected chi connectivity index (χ4v) is 5.02. The number of rotatable bonds is 29. The lowest BCUT2D eigenvalue weighted by atomic mass is 10.00. The molecule has 1 unspecified atom stereocenters. The van der Waals surface area contributed by atoms with Crippen LogP contribution in [0.4, 0.5) is 0 Å². The van der Waals surface area contributed by atoms with Crippen molar-refractivity contribution in [2.75, 3.05) is 0 Å². The SMILES string of the molecule is C=CC(CCCCCCCCCCCCCCCCCCCCCCCCCCCC)C(=O)O. The summed E-state index contributed by atoms with van der Waals surface area (Å²) in [5.41, 5.74) is 0. The summed E-state index contributed by atoms with van der Waals surface area (Å²) in [7, 11) is 0. The maximum absolute atomic E-state index is 10.9. The van der Waals surface area contributed by atoms with E-state index >= 15 is 0 Å². The Bertz CT molecular complexity index is 417. The van der Waals surface area contributed by atoms with Crippen LogP contribution in [0.2, 0.25) is 0 Å². The molecule has 2 heteroatoms. The van der Waals surface area contributed by atoms with Crippen LogP contribution >= 0.6 is 0 Å². The summed E-state index contributed by atoms with van der Waals surface area (Å²) in [5.74, 6) is -1.08. The monoisotopic (exact) mass is 478 g/mol. The van der Waals surface area contributed by atoms with Crippen molar-refractivity contribution in [1.82, 2.24) is 0 Å². The summed E-state index contributed by atoms with van der Waals surface area (Å²) in [6.45, 7) is 5.91. The van der Waals surface area contributed by atoms with Gasteiger partial charge in [-0.15, -0.1) is 6.58 Å². The first-order chi connectivity index (χ1) is 16.7. The number of carboxylic acids is 1. The van der Waals surface area contributed by atoms with Gasteiger partial charge in [-0.05, 0) is 6.42 Å². The van der Waals surface area contributed by atoms with Crippen LogP contribution in [0.3, 0.4) is 0 Å². The largest absolute Gasteiger partial charge is 0.481 e. The molecule has 0 spiro atoms. The second-order valence-electron chi connectivity index (χ2n) is 10.8. The van der Waals surface area contributed by atoms with Crippen molar-refractivity contribution in [3.8, 4) is 0 Å². The molecule has 0 bridgehead atoms. The van der Waals surface area contributed by atoms with E-state index in [-0.39, 0.29) is 5.92 Å². The Hall–Kier alpha value is -0.790. The van der Waals surface area contributed by atoms with E-state index in [0.717, 1.165) is 19.3 Å². The summed E-state index contributed by atoms with van der Waals surface area (Å²) in [4.78, 5) is 10.9. The van der Waals surface area contributed by atoms with Crippen molar-refractivity contribution in [2.24, 2.45) is 5.92 Å². The molecule has 1 N–H and O–H groups in total. The summed E-state index contributed by atoms with van der Waals surface area (Å²) in [6.07, 6.45) is 38.7. The highest BCUT2D eigenvalue weighted by molar-refractivity contribution is 5.71. The Labute approximate surface area is 214 Å². The normalized spacial score (nSPS) is 12.1. The topological polar surface area (TPSA) is 37.3 Å². The predicted molar refractivity (Wildman–Crippen MR) is 152 cm³/mol. The van der Waals surface area contributed by atoms with E-state index in [0.29, 0.717) is 0 Å². The van der Waals surface area contributed by atoms with Crippen molar-refractivity contribution in [3.05, 3.63) is 12.7 Å². The first-order valence-electron chi connectivity index (χ1n) is 15.6. The molecule has 0 aromatic heterocycles. The van der Waals surface area contributed by atoms with Crippen molar-refractivity contribution in [3.63, 3.8) is 0 Å². The van der Waals surface area contributed by atoms with Gasteiger partial charge in [-0.1, -0.05) is 180 Å². The molecule has 0 aromatic rings. The Balaban J connectivity index is 3.09. The zero-order chi connectivity index (χ0) is 25.0. The zero-order valence-electron chi connectivity index (χ0n) is 23.3. The number of hydrogen-bond acceptors (Lipinski definition) is 1. The van der Waals surface area contributed by atoms with E-state index in [9.17, 15) is 4.79 Å². The van der Waals surface area contributed by atoms with E-state index in [1.54, 1.807) is 6.08 Å². The average molecular weight is 479 g/mol. The van der Waals surface area contributed by atoms with Crippen LogP contribution in [-0.4, -0.2) is 11.1 Å². The van der Waals surface area contributed by atoms with Gasteiger partial charge in [-0.3, -0.25) is 4.79 Å². The first-order valence-corrected chi connectivity index (χ1v) is 15.6. The third-order valence-electron chi connectivity index (χ3n) is 7.47. The molecule has 0 saturated carbocycles. The quantitative estimate of drug-likeness (QED) is 0.0857. The summed E-state index contributed by atoms with van der Waals surface area (Å²) < 4.78 is 0. The second kappa shape index (κ2) is 28.4. The summed E-state index contributed by atoms with van der Waals surface area (Å²) in [6, 6.07) is 0. The number of unbranched alkanes of at least 4 members (excludes halogenated alkanes) is 25. The van der Waals surface area contributed by atoms with Gasteiger partial charge in [0.25, 0.3) is 0 Å². The number of carbonyl (C=O) groups is 1. The molecule has 0 saturated heterocycles. The zero-order valence-corrected chi connectivity index (χ0v) is 23.3. The van der Waals surface area contributed by atoms with Gasteiger partial charge in [0, 0.05) is 0 Å². The van der Waals surface area contributed by atoms with Gasteiger partial charge >= 0.3 is 5.97 Å². The molecule has 2 nitrogen and oxygen atoms in total. The molecule has 0 amide bonds. The van der Waals surface area contributed by atoms with Gasteiger partial charge in [0.2, 0.25) is 0 Å². The molecule has 202 valence electrons. The molecule has 0 aliphatic heterocycles. The third-order valence-corrected chi connectivity index (χ3v) is 7.47.